The quantitative estimate of drug-likeness (QED) is 0.855. The van der Waals surface area contributed by atoms with Crippen molar-refractivity contribution in [2.45, 2.75) is 45.1 Å². The molecule has 5 heteroatoms. The van der Waals surface area contributed by atoms with Crippen LogP contribution in [0.5, 0.6) is 5.75 Å². The highest BCUT2D eigenvalue weighted by molar-refractivity contribution is 7.80. The maximum Gasteiger partial charge on any atom is 0.191 e. The summed E-state index contributed by atoms with van der Waals surface area (Å²) in [6.45, 7) is 2.13. The van der Waals surface area contributed by atoms with Gasteiger partial charge in [0.05, 0.1) is 6.10 Å². The molecule has 1 aliphatic rings. The standard InChI is InChI=1S/C15H19F2NOS/c1-2-9-4-3-5-11(6-9)19-14-12(16)7-10(15(18)20)8-13(14)17/h7-9,11H,2-6H2,1H3,(H2,18,20). The molecule has 1 saturated carbocycles. The van der Waals surface area contributed by atoms with Crippen LogP contribution in [0.15, 0.2) is 12.1 Å². The summed E-state index contributed by atoms with van der Waals surface area (Å²) in [7, 11) is 0. The summed E-state index contributed by atoms with van der Waals surface area (Å²) in [5.74, 6) is -1.22. The molecule has 0 bridgehead atoms. The van der Waals surface area contributed by atoms with Gasteiger partial charge >= 0.3 is 0 Å². The average Bonchev–Trinajstić information content (AvgIpc) is 2.42. The van der Waals surface area contributed by atoms with Gasteiger partial charge in [-0.1, -0.05) is 32.0 Å². The van der Waals surface area contributed by atoms with Gasteiger partial charge in [-0.2, -0.15) is 0 Å². The summed E-state index contributed by atoms with van der Waals surface area (Å²) in [6.07, 6.45) is 4.86. The number of nitrogens with two attached hydrogens (primary N) is 1. The Morgan fingerprint density at radius 3 is 2.55 bits per heavy atom. The molecular weight excluding hydrogens is 280 g/mol. The molecule has 1 fully saturated rings. The predicted octanol–water partition coefficient (Wildman–Crippen LogP) is 3.95. The van der Waals surface area contributed by atoms with E-state index in [4.69, 9.17) is 22.7 Å². The smallest absolute Gasteiger partial charge is 0.191 e. The fourth-order valence-electron chi connectivity index (χ4n) is 2.70. The molecule has 0 saturated heterocycles. The van der Waals surface area contributed by atoms with Gasteiger partial charge < -0.3 is 10.5 Å². The minimum Gasteiger partial charge on any atom is -0.484 e. The van der Waals surface area contributed by atoms with E-state index < -0.39 is 11.6 Å². The Hall–Kier alpha value is -1.23. The lowest BCUT2D eigenvalue weighted by Crippen LogP contribution is -2.26. The molecule has 20 heavy (non-hydrogen) atoms. The average molecular weight is 299 g/mol. The molecule has 0 aromatic heterocycles. The molecule has 0 spiro atoms. The van der Waals surface area contributed by atoms with E-state index in [1.807, 2.05) is 0 Å². The first-order valence-electron chi connectivity index (χ1n) is 6.96. The number of thiocarbonyl (C=S) groups is 1. The van der Waals surface area contributed by atoms with Crippen molar-refractivity contribution in [2.75, 3.05) is 0 Å². The van der Waals surface area contributed by atoms with Gasteiger partial charge in [-0.15, -0.1) is 0 Å². The van der Waals surface area contributed by atoms with Crippen LogP contribution < -0.4 is 10.5 Å². The first-order chi connectivity index (χ1) is 9.51. The molecule has 2 rings (SSSR count). The lowest BCUT2D eigenvalue weighted by molar-refractivity contribution is 0.112. The van der Waals surface area contributed by atoms with E-state index in [2.05, 4.69) is 6.92 Å². The second kappa shape index (κ2) is 6.48. The van der Waals surface area contributed by atoms with E-state index in [-0.39, 0.29) is 22.4 Å². The highest BCUT2D eigenvalue weighted by Crippen LogP contribution is 2.32. The highest BCUT2D eigenvalue weighted by atomic mass is 32.1. The molecule has 0 heterocycles. The molecule has 0 radical (unpaired) electrons. The Morgan fingerprint density at radius 2 is 2.00 bits per heavy atom. The van der Waals surface area contributed by atoms with Crippen LogP contribution in [-0.2, 0) is 0 Å². The van der Waals surface area contributed by atoms with E-state index in [0.29, 0.717) is 5.92 Å². The zero-order valence-electron chi connectivity index (χ0n) is 11.5. The van der Waals surface area contributed by atoms with Crippen molar-refractivity contribution >= 4 is 17.2 Å². The summed E-state index contributed by atoms with van der Waals surface area (Å²) in [5, 5.41) is 0. The molecule has 1 aromatic rings. The number of benzene rings is 1. The molecule has 2 N–H and O–H groups in total. The Bertz CT molecular complexity index is 484. The van der Waals surface area contributed by atoms with E-state index >= 15 is 0 Å². The third kappa shape index (κ3) is 3.45. The highest BCUT2D eigenvalue weighted by Gasteiger charge is 2.24. The van der Waals surface area contributed by atoms with E-state index in [0.717, 1.165) is 37.8 Å². The summed E-state index contributed by atoms with van der Waals surface area (Å²) >= 11 is 4.72. The number of ether oxygens (including phenoxy) is 1. The largest absolute Gasteiger partial charge is 0.484 e. The topological polar surface area (TPSA) is 35.2 Å². The fourth-order valence-corrected chi connectivity index (χ4v) is 2.82. The number of hydrogen-bond acceptors (Lipinski definition) is 2. The van der Waals surface area contributed by atoms with Gasteiger partial charge in [-0.05, 0) is 37.3 Å². The molecule has 2 nitrogen and oxygen atoms in total. The molecule has 2 atom stereocenters. The number of hydrogen-bond donors (Lipinski definition) is 1. The summed E-state index contributed by atoms with van der Waals surface area (Å²) < 4.78 is 33.4. The molecule has 1 aliphatic carbocycles. The third-order valence-corrected chi connectivity index (χ3v) is 4.12. The van der Waals surface area contributed by atoms with Crippen molar-refractivity contribution in [1.82, 2.24) is 0 Å². The zero-order chi connectivity index (χ0) is 14.7. The second-order valence-corrected chi connectivity index (χ2v) is 5.75. The predicted molar refractivity (Wildman–Crippen MR) is 78.9 cm³/mol. The van der Waals surface area contributed by atoms with Crippen molar-refractivity contribution < 1.29 is 13.5 Å². The Morgan fingerprint density at radius 1 is 1.35 bits per heavy atom. The van der Waals surface area contributed by atoms with Gasteiger partial charge in [0.2, 0.25) is 0 Å². The van der Waals surface area contributed by atoms with Crippen LogP contribution in [0.4, 0.5) is 8.78 Å². The minimum atomic E-state index is -0.744. The molecule has 0 amide bonds. The van der Waals surface area contributed by atoms with Crippen molar-refractivity contribution in [2.24, 2.45) is 11.7 Å². The summed E-state index contributed by atoms with van der Waals surface area (Å²) in [5.41, 5.74) is 5.56. The van der Waals surface area contributed by atoms with Crippen LogP contribution in [0.25, 0.3) is 0 Å². The van der Waals surface area contributed by atoms with Gasteiger partial charge in [0.1, 0.15) is 4.99 Å². The normalized spacial score (nSPS) is 22.6. The van der Waals surface area contributed by atoms with Gasteiger partial charge in [0, 0.05) is 5.56 Å². The van der Waals surface area contributed by atoms with Crippen molar-refractivity contribution in [3.63, 3.8) is 0 Å². The third-order valence-electron chi connectivity index (χ3n) is 3.88. The maximum atomic E-state index is 13.9. The SMILES string of the molecule is CCC1CCCC(Oc2c(F)cc(C(N)=S)cc2F)C1. The van der Waals surface area contributed by atoms with Crippen molar-refractivity contribution in [1.29, 1.82) is 0 Å². The minimum absolute atomic E-state index is 0.0296. The van der Waals surface area contributed by atoms with Crippen LogP contribution in [0.1, 0.15) is 44.6 Å². The van der Waals surface area contributed by atoms with Crippen LogP contribution in [-0.4, -0.2) is 11.1 Å². The van der Waals surface area contributed by atoms with Crippen LogP contribution >= 0.6 is 12.2 Å². The summed E-state index contributed by atoms with van der Waals surface area (Å²) in [6, 6.07) is 2.25. The van der Waals surface area contributed by atoms with E-state index in [1.165, 1.54) is 6.42 Å². The van der Waals surface area contributed by atoms with Gasteiger partial charge in [-0.25, -0.2) is 8.78 Å². The molecular formula is C15H19F2NOS. The Kier molecular flexibility index (Phi) is 4.91. The Balaban J connectivity index is 2.15. The van der Waals surface area contributed by atoms with Crippen molar-refractivity contribution in [3.8, 4) is 5.75 Å². The molecule has 1 aromatic carbocycles. The monoisotopic (exact) mass is 299 g/mol. The lowest BCUT2D eigenvalue weighted by atomic mass is 9.85. The van der Waals surface area contributed by atoms with Gasteiger partial charge in [0.25, 0.3) is 0 Å². The second-order valence-electron chi connectivity index (χ2n) is 5.31. The van der Waals surface area contributed by atoms with Gasteiger partial charge in [-0.3, -0.25) is 0 Å². The number of halogens is 2. The first-order valence-corrected chi connectivity index (χ1v) is 7.37. The van der Waals surface area contributed by atoms with Crippen molar-refractivity contribution in [3.05, 3.63) is 29.3 Å². The van der Waals surface area contributed by atoms with Crippen LogP contribution in [0.3, 0.4) is 0 Å². The lowest BCUT2D eigenvalue weighted by Gasteiger charge is -2.29. The van der Waals surface area contributed by atoms with E-state index in [9.17, 15) is 8.78 Å². The number of rotatable bonds is 4. The Labute approximate surface area is 123 Å². The van der Waals surface area contributed by atoms with Crippen LogP contribution in [0, 0.1) is 17.6 Å². The van der Waals surface area contributed by atoms with E-state index in [1.54, 1.807) is 0 Å². The molecule has 2 unspecified atom stereocenters. The molecule has 0 aliphatic heterocycles. The molecule has 110 valence electrons. The maximum absolute atomic E-state index is 13.9. The van der Waals surface area contributed by atoms with Gasteiger partial charge in [0.15, 0.2) is 17.4 Å². The first kappa shape index (κ1) is 15.2. The van der Waals surface area contributed by atoms with Crippen LogP contribution in [0.2, 0.25) is 0 Å². The zero-order valence-corrected chi connectivity index (χ0v) is 12.3. The summed E-state index contributed by atoms with van der Waals surface area (Å²) in [4.78, 5) is -0.0296. The fraction of sp³-hybridized carbons (Fsp3) is 0.533.